The van der Waals surface area contributed by atoms with Crippen molar-refractivity contribution in [2.75, 3.05) is 0 Å². The highest BCUT2D eigenvalue weighted by Gasteiger charge is 2.39. The predicted molar refractivity (Wildman–Crippen MR) is 91.9 cm³/mol. The third kappa shape index (κ3) is 2.60. The summed E-state index contributed by atoms with van der Waals surface area (Å²) in [6.45, 7) is 1.80. The van der Waals surface area contributed by atoms with E-state index in [0.717, 1.165) is 24.8 Å². The van der Waals surface area contributed by atoms with Gasteiger partial charge in [-0.3, -0.25) is 0 Å². The zero-order valence-corrected chi connectivity index (χ0v) is 14.5. The molecule has 1 aliphatic rings. The van der Waals surface area contributed by atoms with Crippen LogP contribution in [0.25, 0.3) is 22.7 Å². The van der Waals surface area contributed by atoms with Gasteiger partial charge in [0.2, 0.25) is 0 Å². The van der Waals surface area contributed by atoms with Crippen LogP contribution >= 0.6 is 24.0 Å². The average Bonchev–Trinajstić information content (AvgIpc) is 3.12. The van der Waals surface area contributed by atoms with Crippen LogP contribution in [0.3, 0.4) is 0 Å². The van der Waals surface area contributed by atoms with E-state index in [9.17, 15) is 0 Å². The molecule has 0 radical (unpaired) electrons. The van der Waals surface area contributed by atoms with E-state index in [0.29, 0.717) is 33.8 Å². The Labute approximate surface area is 149 Å². The lowest BCUT2D eigenvalue weighted by Crippen LogP contribution is -2.44. The van der Waals surface area contributed by atoms with Crippen molar-refractivity contribution in [1.82, 2.24) is 15.3 Å². The maximum absolute atomic E-state index is 6.27. The van der Waals surface area contributed by atoms with E-state index >= 15 is 0 Å². The van der Waals surface area contributed by atoms with Crippen LogP contribution in [0.2, 0.25) is 5.02 Å². The second-order valence-electron chi connectivity index (χ2n) is 5.88. The molecule has 24 heavy (non-hydrogen) atoms. The van der Waals surface area contributed by atoms with E-state index in [1.165, 1.54) is 0 Å². The lowest BCUT2D eigenvalue weighted by atomic mass is 9.77. The zero-order chi connectivity index (χ0) is 16.0. The average molecular weight is 367 g/mol. The molecule has 8 heteroatoms. The summed E-state index contributed by atoms with van der Waals surface area (Å²) in [5, 5.41) is 8.74. The second-order valence-corrected chi connectivity index (χ2v) is 6.28. The maximum Gasteiger partial charge on any atom is 0.263 e. The lowest BCUT2D eigenvalue weighted by molar-refractivity contribution is 0.229. The second kappa shape index (κ2) is 6.20. The highest BCUT2D eigenvalue weighted by Crippen LogP contribution is 2.40. The van der Waals surface area contributed by atoms with Gasteiger partial charge in [-0.05, 0) is 32.3 Å². The summed E-state index contributed by atoms with van der Waals surface area (Å²) >= 11 is 6.27. The number of hydrogen-bond acceptors (Lipinski definition) is 6. The van der Waals surface area contributed by atoms with Gasteiger partial charge < -0.3 is 14.8 Å². The van der Waals surface area contributed by atoms with Crippen molar-refractivity contribution in [2.45, 2.75) is 31.7 Å². The molecule has 3 aromatic rings. The highest BCUT2D eigenvalue weighted by atomic mass is 35.5. The van der Waals surface area contributed by atoms with Gasteiger partial charge in [-0.15, -0.1) is 12.4 Å². The van der Waals surface area contributed by atoms with E-state index < -0.39 is 5.54 Å². The number of nitrogens with two attached hydrogens (primary N) is 1. The Kier molecular flexibility index (Phi) is 4.38. The van der Waals surface area contributed by atoms with Crippen LogP contribution in [-0.2, 0) is 5.54 Å². The molecule has 0 unspecified atom stereocenters. The fourth-order valence-electron chi connectivity index (χ4n) is 2.77. The Bertz CT molecular complexity index is 871. The molecule has 0 amide bonds. The number of halogens is 2. The van der Waals surface area contributed by atoms with Crippen LogP contribution in [0.15, 0.2) is 33.3 Å². The molecule has 126 valence electrons. The number of rotatable bonds is 3. The number of hydrogen-bond donors (Lipinski definition) is 1. The first-order chi connectivity index (χ1) is 11.1. The largest absolute Gasteiger partial charge is 0.360 e. The summed E-state index contributed by atoms with van der Waals surface area (Å²) in [5.41, 5.74) is 7.78. The van der Waals surface area contributed by atoms with Gasteiger partial charge in [0.1, 0.15) is 17.0 Å². The maximum atomic E-state index is 6.27. The first-order valence-electron chi connectivity index (χ1n) is 7.43. The SMILES string of the molecule is Cc1onc(-c2ccccc2Cl)c1-c1nc(C2(N)CCC2)no1.Cl. The molecule has 0 spiro atoms. The molecule has 0 atom stereocenters. The van der Waals surface area contributed by atoms with Crippen molar-refractivity contribution in [2.24, 2.45) is 5.73 Å². The molecular weight excluding hydrogens is 351 g/mol. The van der Waals surface area contributed by atoms with E-state index in [1.54, 1.807) is 13.0 Å². The van der Waals surface area contributed by atoms with Gasteiger partial charge in [-0.2, -0.15) is 4.98 Å². The van der Waals surface area contributed by atoms with Crippen molar-refractivity contribution in [3.05, 3.63) is 40.9 Å². The Morgan fingerprint density at radius 3 is 2.58 bits per heavy atom. The molecule has 2 aromatic heterocycles. The minimum atomic E-state index is -0.475. The lowest BCUT2D eigenvalue weighted by Gasteiger charge is -2.34. The molecule has 1 fully saturated rings. The third-order valence-corrected chi connectivity index (χ3v) is 4.65. The molecular formula is C16H16Cl2N4O2. The molecule has 6 nitrogen and oxygen atoms in total. The number of nitrogens with zero attached hydrogens (tertiary/aromatic N) is 3. The minimum Gasteiger partial charge on any atom is -0.360 e. The van der Waals surface area contributed by atoms with Gasteiger partial charge in [-0.1, -0.05) is 40.1 Å². The first-order valence-corrected chi connectivity index (χ1v) is 7.81. The molecule has 1 saturated carbocycles. The van der Waals surface area contributed by atoms with Gasteiger partial charge in [-0.25, -0.2) is 0 Å². The summed E-state index contributed by atoms with van der Waals surface area (Å²) in [4.78, 5) is 4.48. The summed E-state index contributed by atoms with van der Waals surface area (Å²) in [7, 11) is 0. The van der Waals surface area contributed by atoms with Crippen LogP contribution < -0.4 is 5.73 Å². The van der Waals surface area contributed by atoms with Crippen molar-refractivity contribution in [3.63, 3.8) is 0 Å². The van der Waals surface area contributed by atoms with Gasteiger partial charge in [0, 0.05) is 5.56 Å². The third-order valence-electron chi connectivity index (χ3n) is 4.32. The summed E-state index contributed by atoms with van der Waals surface area (Å²) < 4.78 is 10.8. The van der Waals surface area contributed by atoms with Crippen molar-refractivity contribution < 1.29 is 9.05 Å². The molecule has 0 bridgehead atoms. The standard InChI is InChI=1S/C16H15ClN4O2.ClH/c1-9-12(13(20-22-9)10-5-2-3-6-11(10)17)14-19-15(21-23-14)16(18)7-4-8-16;/h2-3,5-6H,4,7-8,18H2,1H3;1H. The van der Waals surface area contributed by atoms with Gasteiger partial charge in [0.25, 0.3) is 5.89 Å². The minimum absolute atomic E-state index is 0. The summed E-state index contributed by atoms with van der Waals surface area (Å²) in [6, 6.07) is 7.42. The molecule has 2 N–H and O–H groups in total. The highest BCUT2D eigenvalue weighted by molar-refractivity contribution is 6.33. The van der Waals surface area contributed by atoms with Crippen molar-refractivity contribution >= 4 is 24.0 Å². The molecule has 0 aliphatic heterocycles. The monoisotopic (exact) mass is 366 g/mol. The van der Waals surface area contributed by atoms with E-state index in [2.05, 4.69) is 15.3 Å². The molecule has 4 rings (SSSR count). The fraction of sp³-hybridized carbons (Fsp3) is 0.312. The van der Waals surface area contributed by atoms with Crippen molar-refractivity contribution in [1.29, 1.82) is 0 Å². The van der Waals surface area contributed by atoms with Crippen LogP contribution in [0, 0.1) is 6.92 Å². The Balaban J connectivity index is 0.00000169. The summed E-state index contributed by atoms with van der Waals surface area (Å²) in [6.07, 6.45) is 2.81. The zero-order valence-electron chi connectivity index (χ0n) is 13.0. The van der Waals surface area contributed by atoms with Gasteiger partial charge >= 0.3 is 0 Å². The smallest absolute Gasteiger partial charge is 0.263 e. The topological polar surface area (TPSA) is 91.0 Å². The molecule has 0 saturated heterocycles. The Morgan fingerprint density at radius 2 is 1.92 bits per heavy atom. The van der Waals surface area contributed by atoms with E-state index in [-0.39, 0.29) is 12.4 Å². The van der Waals surface area contributed by atoms with Gasteiger partial charge in [0.05, 0.1) is 10.6 Å². The number of benzene rings is 1. The number of aryl methyl sites for hydroxylation is 1. The Hall–Kier alpha value is -1.89. The van der Waals surface area contributed by atoms with E-state index in [1.807, 2.05) is 18.2 Å². The summed E-state index contributed by atoms with van der Waals surface area (Å²) in [5.74, 6) is 1.48. The van der Waals surface area contributed by atoms with Gasteiger partial charge in [0.15, 0.2) is 5.82 Å². The van der Waals surface area contributed by atoms with Crippen LogP contribution in [0.4, 0.5) is 0 Å². The Morgan fingerprint density at radius 1 is 1.17 bits per heavy atom. The quantitative estimate of drug-likeness (QED) is 0.749. The predicted octanol–water partition coefficient (Wildman–Crippen LogP) is 4.11. The molecule has 1 aliphatic carbocycles. The number of aromatic nitrogens is 3. The van der Waals surface area contributed by atoms with Crippen LogP contribution in [-0.4, -0.2) is 15.3 Å². The molecule has 1 aromatic carbocycles. The molecule has 2 heterocycles. The van der Waals surface area contributed by atoms with E-state index in [4.69, 9.17) is 26.4 Å². The van der Waals surface area contributed by atoms with Crippen LogP contribution in [0.5, 0.6) is 0 Å². The fourth-order valence-corrected chi connectivity index (χ4v) is 2.99. The normalized spacial score (nSPS) is 15.6. The van der Waals surface area contributed by atoms with Crippen molar-refractivity contribution in [3.8, 4) is 22.7 Å². The van der Waals surface area contributed by atoms with Crippen LogP contribution in [0.1, 0.15) is 30.8 Å². The first kappa shape index (κ1) is 17.0.